The molecule has 0 amide bonds. The molecule has 0 spiro atoms. The predicted octanol–water partition coefficient (Wildman–Crippen LogP) is 5.00. The van der Waals surface area contributed by atoms with Crippen molar-refractivity contribution in [3.8, 4) is 22.5 Å². The van der Waals surface area contributed by atoms with E-state index in [0.717, 1.165) is 16.1 Å². The molecule has 0 bridgehead atoms. The second-order valence-electron chi connectivity index (χ2n) is 7.62. The van der Waals surface area contributed by atoms with Crippen molar-refractivity contribution in [1.82, 2.24) is 13.9 Å². The summed E-state index contributed by atoms with van der Waals surface area (Å²) in [5, 5.41) is 0.501. The average Bonchev–Trinajstić information content (AvgIpc) is 3.51. The molecular formula is C25H17F2N3O4S. The number of halogens is 2. The van der Waals surface area contributed by atoms with E-state index < -0.39 is 27.6 Å². The number of methoxy groups -OCH3 is 1. The lowest BCUT2D eigenvalue weighted by Crippen LogP contribution is -2.12. The summed E-state index contributed by atoms with van der Waals surface area (Å²) in [6.07, 6.45) is 2.86. The fourth-order valence-electron chi connectivity index (χ4n) is 3.90. The van der Waals surface area contributed by atoms with Crippen molar-refractivity contribution in [2.75, 3.05) is 7.11 Å². The number of nitrogens with zero attached hydrogens (tertiary/aromatic N) is 2. The smallest absolute Gasteiger partial charge is 0.340 e. The van der Waals surface area contributed by atoms with Gasteiger partial charge in [-0.1, -0.05) is 18.2 Å². The van der Waals surface area contributed by atoms with Crippen molar-refractivity contribution in [2.45, 2.75) is 4.90 Å². The number of aromatic amines is 1. The third-order valence-corrected chi connectivity index (χ3v) is 7.26. The van der Waals surface area contributed by atoms with Gasteiger partial charge < -0.3 is 9.72 Å². The zero-order chi connectivity index (χ0) is 24.7. The summed E-state index contributed by atoms with van der Waals surface area (Å²) in [6, 6.07) is 16.0. The van der Waals surface area contributed by atoms with Gasteiger partial charge in [0.15, 0.2) is 17.3 Å². The van der Waals surface area contributed by atoms with Gasteiger partial charge >= 0.3 is 5.97 Å². The number of carbonyl (C=O) groups is 1. The highest BCUT2D eigenvalue weighted by molar-refractivity contribution is 7.90. The lowest BCUT2D eigenvalue weighted by Gasteiger charge is -2.07. The summed E-state index contributed by atoms with van der Waals surface area (Å²) in [5.41, 5.74) is 1.75. The van der Waals surface area contributed by atoms with E-state index in [1.165, 1.54) is 43.8 Å². The quantitative estimate of drug-likeness (QED) is 0.348. The van der Waals surface area contributed by atoms with E-state index >= 15 is 0 Å². The molecule has 5 aromatic rings. The second kappa shape index (κ2) is 8.48. The minimum atomic E-state index is -3.90. The van der Waals surface area contributed by atoms with Crippen LogP contribution < -0.4 is 0 Å². The Morgan fingerprint density at radius 1 is 1.00 bits per heavy atom. The molecule has 2 aromatic carbocycles. The maximum atomic E-state index is 13.9. The van der Waals surface area contributed by atoms with E-state index in [0.29, 0.717) is 16.6 Å². The third kappa shape index (κ3) is 3.77. The highest BCUT2D eigenvalue weighted by Gasteiger charge is 2.23. The van der Waals surface area contributed by atoms with Gasteiger partial charge in [-0.15, -0.1) is 0 Å². The van der Waals surface area contributed by atoms with Crippen LogP contribution in [0.25, 0.3) is 33.5 Å². The summed E-state index contributed by atoms with van der Waals surface area (Å²) >= 11 is 0. The Hall–Kier alpha value is -4.31. The molecule has 0 fully saturated rings. The Morgan fingerprint density at radius 2 is 1.77 bits per heavy atom. The zero-order valence-electron chi connectivity index (χ0n) is 18.2. The summed E-state index contributed by atoms with van der Waals surface area (Å²) in [6.45, 7) is 0. The standard InChI is InChI=1S/C25H17F2N3O4S/c1-34-25(31)19-14-22(29-23(19)15-7-8-20(26)21(27)13-15)17-9-11-28-24-18(17)10-12-30(24)35(32,33)16-5-3-2-4-6-16/h2-14,29H,1H3. The molecule has 0 saturated heterocycles. The van der Waals surface area contributed by atoms with Crippen LogP contribution in [0.15, 0.2) is 84.0 Å². The van der Waals surface area contributed by atoms with Crippen molar-refractivity contribution in [1.29, 1.82) is 0 Å². The number of rotatable bonds is 5. The highest BCUT2D eigenvalue weighted by atomic mass is 32.2. The van der Waals surface area contributed by atoms with Crippen LogP contribution in [0.2, 0.25) is 0 Å². The van der Waals surface area contributed by atoms with Gasteiger partial charge in [0.1, 0.15) is 0 Å². The Balaban J connectivity index is 1.68. The molecular weight excluding hydrogens is 476 g/mol. The Bertz CT molecular complexity index is 1690. The summed E-state index contributed by atoms with van der Waals surface area (Å²) in [7, 11) is -2.69. The SMILES string of the molecule is COC(=O)c1cc(-c2ccnc3c2ccn3S(=O)(=O)c2ccccc2)[nH]c1-c1ccc(F)c(F)c1. The first-order valence-electron chi connectivity index (χ1n) is 10.3. The minimum absolute atomic E-state index is 0.106. The number of aromatic nitrogens is 3. The largest absolute Gasteiger partial charge is 0.465 e. The zero-order valence-corrected chi connectivity index (χ0v) is 19.0. The third-order valence-electron chi connectivity index (χ3n) is 5.58. The fourth-order valence-corrected chi connectivity index (χ4v) is 5.22. The normalized spacial score (nSPS) is 11.6. The average molecular weight is 493 g/mol. The number of benzene rings is 2. The van der Waals surface area contributed by atoms with Crippen molar-refractivity contribution in [3.05, 3.63) is 96.3 Å². The van der Waals surface area contributed by atoms with Crippen LogP contribution >= 0.6 is 0 Å². The molecule has 0 aliphatic carbocycles. The van der Waals surface area contributed by atoms with Crippen molar-refractivity contribution in [2.24, 2.45) is 0 Å². The number of ether oxygens (including phenoxy) is 1. The number of esters is 1. The molecule has 0 radical (unpaired) electrons. The molecule has 3 aromatic heterocycles. The van der Waals surface area contributed by atoms with Gasteiger partial charge in [-0.25, -0.2) is 30.9 Å². The van der Waals surface area contributed by atoms with E-state index in [-0.39, 0.29) is 27.4 Å². The van der Waals surface area contributed by atoms with Gasteiger partial charge in [0.2, 0.25) is 0 Å². The van der Waals surface area contributed by atoms with Crippen LogP contribution in [-0.2, 0) is 14.8 Å². The molecule has 10 heteroatoms. The van der Waals surface area contributed by atoms with Crippen LogP contribution in [0.5, 0.6) is 0 Å². The number of nitrogens with one attached hydrogen (secondary N) is 1. The van der Waals surface area contributed by atoms with E-state index in [2.05, 4.69) is 9.97 Å². The lowest BCUT2D eigenvalue weighted by molar-refractivity contribution is 0.0602. The number of pyridine rings is 1. The number of carbonyl (C=O) groups excluding carboxylic acids is 1. The van der Waals surface area contributed by atoms with Gasteiger partial charge in [0.25, 0.3) is 10.0 Å². The van der Waals surface area contributed by atoms with Gasteiger partial charge in [-0.2, -0.15) is 0 Å². The van der Waals surface area contributed by atoms with Gasteiger partial charge in [-0.3, -0.25) is 0 Å². The number of hydrogen-bond acceptors (Lipinski definition) is 5. The molecule has 7 nitrogen and oxygen atoms in total. The Labute approximate surface area is 198 Å². The first kappa shape index (κ1) is 22.5. The molecule has 0 unspecified atom stereocenters. The fraction of sp³-hybridized carbons (Fsp3) is 0.0400. The molecule has 0 aliphatic rings. The van der Waals surface area contributed by atoms with Gasteiger partial charge in [0, 0.05) is 34.6 Å². The lowest BCUT2D eigenvalue weighted by atomic mass is 10.1. The summed E-state index contributed by atoms with van der Waals surface area (Å²) in [5.74, 6) is -2.76. The monoisotopic (exact) mass is 493 g/mol. The summed E-state index contributed by atoms with van der Waals surface area (Å²) in [4.78, 5) is 19.9. The van der Waals surface area contributed by atoms with Crippen LogP contribution in [0.4, 0.5) is 8.78 Å². The van der Waals surface area contributed by atoms with Crippen LogP contribution in [0.3, 0.4) is 0 Å². The molecule has 5 rings (SSSR count). The number of H-pyrrole nitrogens is 1. The van der Waals surface area contributed by atoms with E-state index in [9.17, 15) is 22.0 Å². The van der Waals surface area contributed by atoms with E-state index in [1.54, 1.807) is 30.3 Å². The maximum Gasteiger partial charge on any atom is 0.340 e. The van der Waals surface area contributed by atoms with Crippen LogP contribution in [0.1, 0.15) is 10.4 Å². The highest BCUT2D eigenvalue weighted by Crippen LogP contribution is 2.34. The maximum absolute atomic E-state index is 13.9. The van der Waals surface area contributed by atoms with Crippen molar-refractivity contribution < 1.29 is 26.7 Å². The Kier molecular flexibility index (Phi) is 5.45. The molecule has 35 heavy (non-hydrogen) atoms. The topological polar surface area (TPSA) is 94.0 Å². The van der Waals surface area contributed by atoms with Crippen molar-refractivity contribution in [3.63, 3.8) is 0 Å². The minimum Gasteiger partial charge on any atom is -0.465 e. The first-order valence-corrected chi connectivity index (χ1v) is 11.8. The molecule has 3 heterocycles. The first-order chi connectivity index (χ1) is 16.8. The predicted molar refractivity (Wildman–Crippen MR) is 125 cm³/mol. The Morgan fingerprint density at radius 3 is 2.49 bits per heavy atom. The van der Waals surface area contributed by atoms with Crippen LogP contribution in [-0.4, -0.2) is 35.4 Å². The van der Waals surface area contributed by atoms with Gasteiger partial charge in [-0.05, 0) is 48.5 Å². The molecule has 0 aliphatic heterocycles. The number of hydrogen-bond donors (Lipinski definition) is 1. The molecule has 0 saturated carbocycles. The van der Waals surface area contributed by atoms with Crippen molar-refractivity contribution >= 4 is 27.0 Å². The summed E-state index contributed by atoms with van der Waals surface area (Å²) < 4.78 is 59.7. The van der Waals surface area contributed by atoms with E-state index in [1.807, 2.05) is 0 Å². The molecule has 0 atom stereocenters. The van der Waals surface area contributed by atoms with E-state index in [4.69, 9.17) is 4.74 Å². The van der Waals surface area contributed by atoms with Crippen LogP contribution in [0, 0.1) is 11.6 Å². The molecule has 1 N–H and O–H groups in total. The second-order valence-corrected chi connectivity index (χ2v) is 9.43. The number of fused-ring (bicyclic) bond motifs is 1. The molecule has 176 valence electrons. The van der Waals surface area contributed by atoms with Gasteiger partial charge in [0.05, 0.1) is 23.3 Å².